The molecular formula is C19H16F3N3O6. The predicted molar refractivity (Wildman–Crippen MR) is 101 cm³/mol. The van der Waals surface area contributed by atoms with E-state index in [0.29, 0.717) is 0 Å². The molecule has 164 valence electrons. The number of carbonyl (C=O) groups is 3. The van der Waals surface area contributed by atoms with Gasteiger partial charge in [-0.05, 0) is 37.3 Å². The van der Waals surface area contributed by atoms with E-state index in [9.17, 15) is 37.7 Å². The maximum Gasteiger partial charge on any atom is 0.416 e. The van der Waals surface area contributed by atoms with Crippen LogP contribution in [0.1, 0.15) is 22.8 Å². The number of anilines is 1. The van der Waals surface area contributed by atoms with Gasteiger partial charge < -0.3 is 15.4 Å². The molecule has 2 aromatic carbocycles. The molecule has 0 bridgehead atoms. The molecule has 2 aromatic rings. The Morgan fingerprint density at radius 1 is 1.13 bits per heavy atom. The Bertz CT molecular complexity index is 992. The topological polar surface area (TPSA) is 128 Å². The lowest BCUT2D eigenvalue weighted by Gasteiger charge is -2.14. The molecule has 1 unspecified atom stereocenters. The Morgan fingerprint density at radius 2 is 1.77 bits per heavy atom. The first-order valence-electron chi connectivity index (χ1n) is 8.67. The molecule has 12 heteroatoms. The number of hydrogen-bond acceptors (Lipinski definition) is 6. The van der Waals surface area contributed by atoms with Crippen molar-refractivity contribution in [2.45, 2.75) is 19.2 Å². The van der Waals surface area contributed by atoms with Crippen LogP contribution in [-0.2, 0) is 20.5 Å². The Morgan fingerprint density at radius 3 is 2.35 bits per heavy atom. The molecule has 2 amide bonds. The third-order valence-corrected chi connectivity index (χ3v) is 3.87. The number of alkyl halides is 3. The maximum absolute atomic E-state index is 12.5. The van der Waals surface area contributed by atoms with Crippen molar-refractivity contribution < 1.29 is 37.2 Å². The molecule has 1 atom stereocenters. The Hall–Kier alpha value is -3.96. The lowest BCUT2D eigenvalue weighted by atomic mass is 10.2. The van der Waals surface area contributed by atoms with Gasteiger partial charge in [0.1, 0.15) is 6.54 Å². The minimum absolute atomic E-state index is 0.0462. The van der Waals surface area contributed by atoms with Crippen LogP contribution in [0.25, 0.3) is 0 Å². The highest BCUT2D eigenvalue weighted by Gasteiger charge is 2.30. The monoisotopic (exact) mass is 439 g/mol. The van der Waals surface area contributed by atoms with Crippen LogP contribution < -0.4 is 10.6 Å². The zero-order chi connectivity index (χ0) is 23.2. The fourth-order valence-corrected chi connectivity index (χ4v) is 2.29. The predicted octanol–water partition coefficient (Wildman–Crippen LogP) is 2.91. The lowest BCUT2D eigenvalue weighted by Crippen LogP contribution is -2.35. The normalized spacial score (nSPS) is 11.9. The second-order valence-corrected chi connectivity index (χ2v) is 6.19. The van der Waals surface area contributed by atoms with Crippen LogP contribution in [0.4, 0.5) is 24.5 Å². The first-order chi connectivity index (χ1) is 14.5. The van der Waals surface area contributed by atoms with Gasteiger partial charge in [0.25, 0.3) is 17.5 Å². The van der Waals surface area contributed by atoms with Gasteiger partial charge in [0.15, 0.2) is 6.10 Å². The highest BCUT2D eigenvalue weighted by molar-refractivity contribution is 5.97. The number of ether oxygens (including phenoxy) is 1. The largest absolute Gasteiger partial charge is 0.451 e. The van der Waals surface area contributed by atoms with Crippen molar-refractivity contribution in [1.82, 2.24) is 5.32 Å². The van der Waals surface area contributed by atoms with Crippen LogP contribution in [-0.4, -0.2) is 35.4 Å². The second-order valence-electron chi connectivity index (χ2n) is 6.19. The summed E-state index contributed by atoms with van der Waals surface area (Å²) >= 11 is 0. The summed E-state index contributed by atoms with van der Waals surface area (Å²) in [4.78, 5) is 45.9. The highest BCUT2D eigenvalue weighted by Crippen LogP contribution is 2.29. The lowest BCUT2D eigenvalue weighted by molar-refractivity contribution is -0.384. The quantitative estimate of drug-likeness (QED) is 0.388. The summed E-state index contributed by atoms with van der Waals surface area (Å²) in [6, 6.07) is 8.52. The number of nitro benzene ring substituents is 1. The summed E-state index contributed by atoms with van der Waals surface area (Å²) in [5, 5.41) is 15.2. The van der Waals surface area contributed by atoms with E-state index in [4.69, 9.17) is 4.74 Å². The average molecular weight is 439 g/mol. The first kappa shape index (κ1) is 23.3. The molecule has 0 spiro atoms. The number of nitrogens with one attached hydrogen (secondary N) is 2. The highest BCUT2D eigenvalue weighted by atomic mass is 19.4. The van der Waals surface area contributed by atoms with Crippen molar-refractivity contribution in [3.05, 3.63) is 69.8 Å². The third kappa shape index (κ3) is 6.80. The Balaban J connectivity index is 1.84. The molecule has 0 heterocycles. The average Bonchev–Trinajstić information content (AvgIpc) is 2.71. The van der Waals surface area contributed by atoms with Crippen molar-refractivity contribution in [3.8, 4) is 0 Å². The third-order valence-electron chi connectivity index (χ3n) is 3.87. The molecule has 9 nitrogen and oxygen atoms in total. The molecule has 0 fully saturated rings. The van der Waals surface area contributed by atoms with Crippen molar-refractivity contribution in [2.75, 3.05) is 11.9 Å². The van der Waals surface area contributed by atoms with E-state index in [1.54, 1.807) is 0 Å². The summed E-state index contributed by atoms with van der Waals surface area (Å²) in [6.45, 7) is 0.624. The number of nitro groups is 1. The van der Waals surface area contributed by atoms with Crippen LogP contribution in [0.2, 0.25) is 0 Å². The number of esters is 1. The van der Waals surface area contributed by atoms with Crippen LogP contribution in [0.15, 0.2) is 48.5 Å². The minimum Gasteiger partial charge on any atom is -0.451 e. The zero-order valence-electron chi connectivity index (χ0n) is 15.9. The van der Waals surface area contributed by atoms with Gasteiger partial charge in [0, 0.05) is 23.4 Å². The summed E-state index contributed by atoms with van der Waals surface area (Å²) in [6.07, 6.45) is -5.81. The standard InChI is InChI=1S/C19H16F3N3O6/c1-11(17(27)24-14-7-5-13(6-8-14)19(20,21)22)31-16(26)10-23-18(28)12-3-2-4-15(9-12)25(29)30/h2-9,11H,10H2,1H3,(H,23,28)(H,24,27). The van der Waals surface area contributed by atoms with E-state index in [-0.39, 0.29) is 16.9 Å². The number of rotatable bonds is 7. The second kappa shape index (κ2) is 9.69. The van der Waals surface area contributed by atoms with E-state index < -0.39 is 47.1 Å². The number of halogens is 3. The number of nitrogens with zero attached hydrogens (tertiary/aromatic N) is 1. The van der Waals surface area contributed by atoms with Crippen molar-refractivity contribution in [1.29, 1.82) is 0 Å². The number of amides is 2. The minimum atomic E-state index is -4.51. The van der Waals surface area contributed by atoms with Gasteiger partial charge in [-0.15, -0.1) is 0 Å². The van der Waals surface area contributed by atoms with Gasteiger partial charge in [0.2, 0.25) is 0 Å². The molecule has 0 aromatic heterocycles. The molecule has 0 aliphatic heterocycles. The van der Waals surface area contributed by atoms with E-state index in [2.05, 4.69) is 10.6 Å². The van der Waals surface area contributed by atoms with Crippen LogP contribution in [0, 0.1) is 10.1 Å². The molecule has 0 aliphatic carbocycles. The van der Waals surface area contributed by atoms with Gasteiger partial charge in [0.05, 0.1) is 10.5 Å². The number of hydrogen-bond donors (Lipinski definition) is 2. The van der Waals surface area contributed by atoms with Gasteiger partial charge >= 0.3 is 12.1 Å². The summed E-state index contributed by atoms with van der Waals surface area (Å²) in [5.41, 5.74) is -1.16. The fourth-order valence-electron chi connectivity index (χ4n) is 2.29. The van der Waals surface area contributed by atoms with Crippen molar-refractivity contribution in [3.63, 3.8) is 0 Å². The van der Waals surface area contributed by atoms with Crippen LogP contribution in [0.5, 0.6) is 0 Å². The molecule has 31 heavy (non-hydrogen) atoms. The van der Waals surface area contributed by atoms with E-state index in [1.165, 1.54) is 25.1 Å². The smallest absolute Gasteiger partial charge is 0.416 e. The zero-order valence-corrected chi connectivity index (χ0v) is 15.9. The molecule has 0 saturated carbocycles. The molecule has 0 aliphatic rings. The fraction of sp³-hybridized carbons (Fsp3) is 0.211. The Labute approximate surface area is 173 Å². The summed E-state index contributed by atoms with van der Waals surface area (Å²) in [7, 11) is 0. The molecule has 0 saturated heterocycles. The molecule has 0 radical (unpaired) electrons. The SMILES string of the molecule is CC(OC(=O)CNC(=O)c1cccc([N+](=O)[O-])c1)C(=O)Nc1ccc(C(F)(F)F)cc1. The van der Waals surface area contributed by atoms with E-state index in [1.807, 2.05) is 0 Å². The molecule has 2 N–H and O–H groups in total. The molecule has 2 rings (SSSR count). The number of carbonyl (C=O) groups excluding carboxylic acids is 3. The van der Waals surface area contributed by atoms with E-state index in [0.717, 1.165) is 30.3 Å². The maximum atomic E-state index is 12.5. The van der Waals surface area contributed by atoms with E-state index >= 15 is 0 Å². The van der Waals surface area contributed by atoms with Gasteiger partial charge in [-0.25, -0.2) is 0 Å². The van der Waals surface area contributed by atoms with Crippen molar-refractivity contribution in [2.24, 2.45) is 0 Å². The Kier molecular flexibility index (Phi) is 7.29. The number of non-ortho nitro benzene ring substituents is 1. The van der Waals surface area contributed by atoms with Gasteiger partial charge in [-0.3, -0.25) is 24.5 Å². The first-order valence-corrected chi connectivity index (χ1v) is 8.67. The van der Waals surface area contributed by atoms with Crippen molar-refractivity contribution >= 4 is 29.2 Å². The summed E-state index contributed by atoms with van der Waals surface area (Å²) in [5.74, 6) is -2.52. The van der Waals surface area contributed by atoms with Crippen LogP contribution in [0.3, 0.4) is 0 Å². The van der Waals surface area contributed by atoms with Crippen LogP contribution >= 0.6 is 0 Å². The molecular weight excluding hydrogens is 423 g/mol. The van der Waals surface area contributed by atoms with Gasteiger partial charge in [-0.2, -0.15) is 13.2 Å². The summed E-state index contributed by atoms with van der Waals surface area (Å²) < 4.78 is 42.5. The van der Waals surface area contributed by atoms with Gasteiger partial charge in [-0.1, -0.05) is 6.07 Å². The number of benzene rings is 2.